The standard InChI is InChI=1S/C35H46O19/c1-15-25(42)27(44)29(46)34(50-15)53-31-30(52-24(41)8-5-16-4-7-19(38)22(12-16)47-2)23(13-36)51-35(48-10-9-17-3-6-18(37)20(39)11-17)32(31)54-33-28(45)26(43)21(40)14-49-33/h3-8,11-12,15,21,23,25-40,42-46H,9-10,13-14H2,1-2H3/t15-,21+,23+,25+,26-,27-,28+,29-,30+,31-,32+,33-,34+,35+/m1/s1. The van der Waals surface area contributed by atoms with Crippen LogP contribution in [0.3, 0.4) is 0 Å². The number of aliphatic hydroxyl groups excluding tert-OH is 7. The second-order valence-electron chi connectivity index (χ2n) is 13.0. The monoisotopic (exact) mass is 770 g/mol. The molecule has 3 saturated heterocycles. The Bertz CT molecular complexity index is 1570. The zero-order valence-corrected chi connectivity index (χ0v) is 29.2. The molecule has 3 aliphatic rings. The molecule has 0 unspecified atom stereocenters. The maximum absolute atomic E-state index is 13.3. The minimum Gasteiger partial charge on any atom is -0.504 e. The van der Waals surface area contributed by atoms with Gasteiger partial charge in [-0.3, -0.25) is 0 Å². The molecule has 0 aromatic heterocycles. The molecule has 2 aromatic rings. The third kappa shape index (κ3) is 9.58. The number of carbonyl (C=O) groups excluding carboxylic acids is 1. The number of phenolic OH excluding ortho intramolecular Hbond substituents is 3. The molecule has 0 amide bonds. The number of carbonyl (C=O) groups is 1. The summed E-state index contributed by atoms with van der Waals surface area (Å²) >= 11 is 0. The molecule has 2 aromatic carbocycles. The van der Waals surface area contributed by atoms with Gasteiger partial charge in [0, 0.05) is 6.08 Å². The van der Waals surface area contributed by atoms with E-state index in [1.807, 2.05) is 0 Å². The van der Waals surface area contributed by atoms with Gasteiger partial charge in [0.25, 0.3) is 0 Å². The van der Waals surface area contributed by atoms with Crippen molar-refractivity contribution in [2.24, 2.45) is 0 Å². The number of ether oxygens (including phenoxy) is 8. The molecule has 3 fully saturated rings. The third-order valence-electron chi connectivity index (χ3n) is 9.20. The SMILES string of the molecule is COc1cc(C=CC(=O)O[C@@H]2[C@@H](O[C@@H]3O[C@H](C)[C@H](O)[C@@H](O)[C@H]3O)[C@H](O[C@H]3OC[C@H](O)[C@@H](O)[C@@H]3O)[C@@H](OCCc3ccc(O)c(O)c3)O[C@H]2CO)ccc1O. The van der Waals surface area contributed by atoms with Crippen LogP contribution in [-0.2, 0) is 44.4 Å². The van der Waals surface area contributed by atoms with Crippen LogP contribution in [0, 0.1) is 0 Å². The summed E-state index contributed by atoms with van der Waals surface area (Å²) in [5, 5.41) is 103. The summed E-state index contributed by atoms with van der Waals surface area (Å²) in [6.07, 6.45) is -20.1. The fourth-order valence-electron chi connectivity index (χ4n) is 6.09. The first-order chi connectivity index (χ1) is 25.7. The van der Waals surface area contributed by atoms with Crippen molar-refractivity contribution >= 4 is 12.0 Å². The molecule has 0 saturated carbocycles. The Kier molecular flexibility index (Phi) is 14.1. The van der Waals surface area contributed by atoms with Crippen LogP contribution < -0.4 is 4.74 Å². The summed E-state index contributed by atoms with van der Waals surface area (Å²) in [7, 11) is 1.34. The number of aliphatic hydroxyl groups is 7. The van der Waals surface area contributed by atoms with Crippen molar-refractivity contribution in [3.8, 4) is 23.0 Å². The predicted molar refractivity (Wildman–Crippen MR) is 179 cm³/mol. The molecule has 10 N–H and O–H groups in total. The molecule has 19 nitrogen and oxygen atoms in total. The van der Waals surface area contributed by atoms with E-state index in [-0.39, 0.29) is 36.0 Å². The fourth-order valence-corrected chi connectivity index (χ4v) is 6.09. The fraction of sp³-hybridized carbons (Fsp3) is 0.571. The highest BCUT2D eigenvalue weighted by Gasteiger charge is 2.55. The lowest BCUT2D eigenvalue weighted by Crippen LogP contribution is -2.67. The van der Waals surface area contributed by atoms with Gasteiger partial charge in [0.05, 0.1) is 33.0 Å². The van der Waals surface area contributed by atoms with Gasteiger partial charge in [0.15, 0.2) is 48.0 Å². The maximum Gasteiger partial charge on any atom is 0.331 e. The number of benzene rings is 2. The first kappa shape index (κ1) is 41.5. The van der Waals surface area contributed by atoms with Crippen molar-refractivity contribution in [1.82, 2.24) is 0 Å². The minimum absolute atomic E-state index is 0.125. The molecule has 0 radical (unpaired) electrons. The zero-order valence-electron chi connectivity index (χ0n) is 29.2. The lowest BCUT2D eigenvalue weighted by molar-refractivity contribution is -0.385. The maximum atomic E-state index is 13.3. The summed E-state index contributed by atoms with van der Waals surface area (Å²) in [6.45, 7) is -0.0528. The van der Waals surface area contributed by atoms with E-state index in [1.165, 1.54) is 56.5 Å². The van der Waals surface area contributed by atoms with Crippen molar-refractivity contribution in [1.29, 1.82) is 0 Å². The second kappa shape index (κ2) is 18.3. The molecular formula is C35H46O19. The molecule has 5 rings (SSSR count). The van der Waals surface area contributed by atoms with E-state index in [4.69, 9.17) is 37.9 Å². The molecular weight excluding hydrogens is 724 g/mol. The number of aromatic hydroxyl groups is 3. The normalized spacial score (nSPS) is 35.9. The highest BCUT2D eigenvalue weighted by Crippen LogP contribution is 2.35. The summed E-state index contributed by atoms with van der Waals surface area (Å²) < 4.78 is 46.2. The molecule has 54 heavy (non-hydrogen) atoms. The van der Waals surface area contributed by atoms with Crippen molar-refractivity contribution in [3.05, 3.63) is 53.6 Å². The molecule has 14 atom stereocenters. The van der Waals surface area contributed by atoms with E-state index in [2.05, 4.69) is 0 Å². The summed E-state index contributed by atoms with van der Waals surface area (Å²) in [4.78, 5) is 13.3. The molecule has 0 aliphatic carbocycles. The Labute approximate surface area is 308 Å². The summed E-state index contributed by atoms with van der Waals surface area (Å²) in [6, 6.07) is 8.37. The highest BCUT2D eigenvalue weighted by atomic mass is 16.8. The largest absolute Gasteiger partial charge is 0.504 e. The van der Waals surface area contributed by atoms with Gasteiger partial charge in [-0.25, -0.2) is 4.79 Å². The average Bonchev–Trinajstić information content (AvgIpc) is 3.15. The number of phenols is 3. The van der Waals surface area contributed by atoms with Gasteiger partial charge in [0.1, 0.15) is 54.9 Å². The summed E-state index contributed by atoms with van der Waals surface area (Å²) in [5.41, 5.74) is 0.951. The van der Waals surface area contributed by atoms with E-state index in [1.54, 1.807) is 0 Å². The quantitative estimate of drug-likeness (QED) is 0.0585. The van der Waals surface area contributed by atoms with Gasteiger partial charge in [-0.05, 0) is 54.8 Å². The number of rotatable bonds is 13. The van der Waals surface area contributed by atoms with E-state index in [0.29, 0.717) is 11.1 Å². The van der Waals surface area contributed by atoms with Crippen molar-refractivity contribution in [2.45, 2.75) is 99.4 Å². The van der Waals surface area contributed by atoms with Crippen LogP contribution in [0.5, 0.6) is 23.0 Å². The van der Waals surface area contributed by atoms with Crippen LogP contribution in [-0.4, -0.2) is 170 Å². The summed E-state index contributed by atoms with van der Waals surface area (Å²) in [5.74, 6) is -1.74. The van der Waals surface area contributed by atoms with Crippen LogP contribution in [0.25, 0.3) is 6.08 Å². The van der Waals surface area contributed by atoms with Gasteiger partial charge in [-0.2, -0.15) is 0 Å². The number of hydrogen-bond acceptors (Lipinski definition) is 19. The van der Waals surface area contributed by atoms with Gasteiger partial charge in [0.2, 0.25) is 0 Å². The highest BCUT2D eigenvalue weighted by molar-refractivity contribution is 5.87. The first-order valence-electron chi connectivity index (χ1n) is 17.0. The van der Waals surface area contributed by atoms with E-state index >= 15 is 0 Å². The molecule has 300 valence electrons. The van der Waals surface area contributed by atoms with Crippen LogP contribution in [0.4, 0.5) is 0 Å². The lowest BCUT2D eigenvalue weighted by Gasteiger charge is -2.49. The lowest BCUT2D eigenvalue weighted by atomic mass is 9.96. The van der Waals surface area contributed by atoms with Crippen LogP contribution >= 0.6 is 0 Å². The Morgan fingerprint density at radius 3 is 2.20 bits per heavy atom. The van der Waals surface area contributed by atoms with E-state index in [9.17, 15) is 55.9 Å². The van der Waals surface area contributed by atoms with Gasteiger partial charge in [-0.15, -0.1) is 0 Å². The average molecular weight is 771 g/mol. The Balaban J connectivity index is 1.48. The van der Waals surface area contributed by atoms with Gasteiger partial charge in [-0.1, -0.05) is 12.1 Å². The topological polar surface area (TPSA) is 293 Å². The smallest absolute Gasteiger partial charge is 0.331 e. The van der Waals surface area contributed by atoms with Gasteiger partial charge >= 0.3 is 5.97 Å². The van der Waals surface area contributed by atoms with Gasteiger partial charge < -0.3 is 89.0 Å². The second-order valence-corrected chi connectivity index (χ2v) is 13.0. The van der Waals surface area contributed by atoms with Crippen LogP contribution in [0.1, 0.15) is 18.1 Å². The zero-order chi connectivity index (χ0) is 39.3. The van der Waals surface area contributed by atoms with Crippen molar-refractivity contribution in [2.75, 3.05) is 26.9 Å². The van der Waals surface area contributed by atoms with Crippen molar-refractivity contribution < 1.29 is 93.8 Å². The Morgan fingerprint density at radius 2 is 1.50 bits per heavy atom. The number of methoxy groups -OCH3 is 1. The first-order valence-corrected chi connectivity index (χ1v) is 17.0. The molecule has 3 aliphatic heterocycles. The third-order valence-corrected chi connectivity index (χ3v) is 9.20. The molecule has 3 heterocycles. The van der Waals surface area contributed by atoms with E-state index in [0.717, 1.165) is 6.08 Å². The van der Waals surface area contributed by atoms with Crippen molar-refractivity contribution in [3.63, 3.8) is 0 Å². The van der Waals surface area contributed by atoms with Crippen LogP contribution in [0.2, 0.25) is 0 Å². The van der Waals surface area contributed by atoms with Crippen LogP contribution in [0.15, 0.2) is 42.5 Å². The van der Waals surface area contributed by atoms with E-state index < -0.39 is 105 Å². The number of hydrogen-bond donors (Lipinski definition) is 10. The number of esters is 1. The predicted octanol–water partition coefficient (Wildman–Crippen LogP) is -2.25. The molecule has 0 bridgehead atoms. The molecule has 0 spiro atoms. The Hall–Kier alpha value is -3.67. The minimum atomic E-state index is -1.87. The molecule has 19 heteroatoms. The Morgan fingerprint density at radius 1 is 0.796 bits per heavy atom.